The molecule has 9 rings (SSSR count). The van der Waals surface area contributed by atoms with Crippen molar-refractivity contribution in [3.8, 4) is 0 Å². The third-order valence-electron chi connectivity index (χ3n) is 10.8. The van der Waals surface area contributed by atoms with E-state index in [0.29, 0.717) is 0 Å². The highest BCUT2D eigenvalue weighted by Gasteiger charge is 2.14. The van der Waals surface area contributed by atoms with Crippen LogP contribution in [0.2, 0.25) is 0 Å². The van der Waals surface area contributed by atoms with Crippen LogP contribution >= 0.6 is 15.9 Å². The van der Waals surface area contributed by atoms with E-state index in [1.807, 2.05) is 0 Å². The molecule has 0 saturated heterocycles. The van der Waals surface area contributed by atoms with E-state index >= 15 is 0 Å². The molecule has 59 heavy (non-hydrogen) atoms. The Bertz CT molecular complexity index is 2920. The zero-order chi connectivity index (χ0) is 40.1. The topological polar surface area (TPSA) is 6.48 Å². The van der Waals surface area contributed by atoms with E-state index in [2.05, 4.69) is 264 Å². The van der Waals surface area contributed by atoms with E-state index in [-0.39, 0.29) is 0 Å². The van der Waals surface area contributed by atoms with Crippen LogP contribution < -0.4 is 9.80 Å². The van der Waals surface area contributed by atoms with Crippen molar-refractivity contribution >= 4 is 95.9 Å². The highest BCUT2D eigenvalue weighted by Crippen LogP contribution is 2.37. The van der Waals surface area contributed by atoms with Crippen LogP contribution in [0, 0.1) is 13.8 Å². The largest absolute Gasteiger partial charge is 0.311 e. The third kappa shape index (κ3) is 8.39. The monoisotopic (exact) mass is 822 g/mol. The lowest BCUT2D eigenvalue weighted by atomic mass is 9.99. The van der Waals surface area contributed by atoms with Crippen LogP contribution in [-0.2, 0) is 0 Å². The van der Waals surface area contributed by atoms with Gasteiger partial charge in [0.1, 0.15) is 0 Å². The number of para-hydroxylation sites is 2. The zero-order valence-corrected chi connectivity index (χ0v) is 34.7. The fourth-order valence-corrected chi connectivity index (χ4v) is 8.30. The highest BCUT2D eigenvalue weighted by atomic mass is 79.9. The molecule has 9 aromatic carbocycles. The van der Waals surface area contributed by atoms with Gasteiger partial charge in [-0.15, -0.1) is 0 Å². The Morgan fingerprint density at radius 3 is 1.17 bits per heavy atom. The normalized spacial score (nSPS) is 11.5. The molecule has 0 saturated carbocycles. The Kier molecular flexibility index (Phi) is 10.8. The lowest BCUT2D eigenvalue weighted by Gasteiger charge is -2.25. The van der Waals surface area contributed by atoms with Crippen molar-refractivity contribution in [2.75, 3.05) is 9.80 Å². The van der Waals surface area contributed by atoms with Gasteiger partial charge in [0, 0.05) is 38.6 Å². The molecule has 3 heteroatoms. The van der Waals surface area contributed by atoms with Crippen LogP contribution in [0.4, 0.5) is 34.1 Å². The summed E-state index contributed by atoms with van der Waals surface area (Å²) in [6.45, 7) is 4.24. The molecule has 0 aliphatic rings. The predicted octanol–water partition coefficient (Wildman–Crippen LogP) is 16.7. The Morgan fingerprint density at radius 1 is 0.322 bits per heavy atom. The average Bonchev–Trinajstić information content (AvgIpc) is 3.28. The van der Waals surface area contributed by atoms with Gasteiger partial charge in [0.05, 0.1) is 0 Å². The summed E-state index contributed by atoms with van der Waals surface area (Å²) in [5.74, 6) is 0. The molecule has 0 aliphatic carbocycles. The number of rotatable bonds is 10. The van der Waals surface area contributed by atoms with Gasteiger partial charge in [0.15, 0.2) is 0 Å². The standard InChI is InChI=1S/C56H43BrN2/c1-40-13-28-50(29-14-40)58(48-9-5-3-6-10-48)52-32-22-42(23-33-52)17-19-44-26-36-54-47(37-44)39-46-27-21-45(38-55(46)56(54)57)20-18-43-24-34-53(35-25-43)59(49-11-7-4-8-12-49)51-30-15-41(2)16-31-51/h3-39H,1-2H3/b19-17+,20-18+. The number of nitrogens with zero attached hydrogens (tertiary/aromatic N) is 2. The molecule has 0 amide bonds. The van der Waals surface area contributed by atoms with E-state index in [4.69, 9.17) is 0 Å². The summed E-state index contributed by atoms with van der Waals surface area (Å²) < 4.78 is 1.12. The highest BCUT2D eigenvalue weighted by molar-refractivity contribution is 9.10. The maximum Gasteiger partial charge on any atom is 0.0462 e. The number of hydrogen-bond acceptors (Lipinski definition) is 2. The predicted molar refractivity (Wildman–Crippen MR) is 259 cm³/mol. The molecule has 0 bridgehead atoms. The Hall–Kier alpha value is -6.94. The number of aryl methyl sites for hydroxylation is 2. The molecule has 0 spiro atoms. The number of fused-ring (bicyclic) bond motifs is 2. The molecule has 0 N–H and O–H groups in total. The fourth-order valence-electron chi connectivity index (χ4n) is 7.60. The van der Waals surface area contributed by atoms with Gasteiger partial charge in [0.25, 0.3) is 0 Å². The Balaban J connectivity index is 0.920. The number of benzene rings is 9. The first-order chi connectivity index (χ1) is 28.9. The lowest BCUT2D eigenvalue weighted by Crippen LogP contribution is -2.09. The smallest absolute Gasteiger partial charge is 0.0462 e. The molecule has 0 atom stereocenters. The summed E-state index contributed by atoms with van der Waals surface area (Å²) in [6, 6.07) is 71.7. The molecule has 0 radical (unpaired) electrons. The van der Waals surface area contributed by atoms with Crippen molar-refractivity contribution in [2.24, 2.45) is 0 Å². The van der Waals surface area contributed by atoms with Crippen molar-refractivity contribution in [1.82, 2.24) is 0 Å². The second-order valence-electron chi connectivity index (χ2n) is 15.0. The molecule has 0 aliphatic heterocycles. The molecule has 0 unspecified atom stereocenters. The van der Waals surface area contributed by atoms with Gasteiger partial charge in [-0.2, -0.15) is 0 Å². The van der Waals surface area contributed by atoms with Crippen molar-refractivity contribution < 1.29 is 0 Å². The Labute approximate surface area is 355 Å². The molecule has 9 aromatic rings. The number of anilines is 6. The van der Waals surface area contributed by atoms with Crippen molar-refractivity contribution in [3.63, 3.8) is 0 Å². The van der Waals surface area contributed by atoms with Crippen LogP contribution in [0.5, 0.6) is 0 Å². The third-order valence-corrected chi connectivity index (χ3v) is 11.6. The van der Waals surface area contributed by atoms with Gasteiger partial charge in [-0.25, -0.2) is 0 Å². The Morgan fingerprint density at radius 2 is 0.695 bits per heavy atom. The molecular formula is C56H43BrN2. The summed E-state index contributed by atoms with van der Waals surface area (Å²) in [6.07, 6.45) is 8.77. The molecular weight excluding hydrogens is 781 g/mol. The molecule has 0 aromatic heterocycles. The van der Waals surface area contributed by atoms with Gasteiger partial charge in [0.2, 0.25) is 0 Å². The zero-order valence-electron chi connectivity index (χ0n) is 33.1. The van der Waals surface area contributed by atoms with Gasteiger partial charge < -0.3 is 9.80 Å². The summed E-state index contributed by atoms with van der Waals surface area (Å²) >= 11 is 3.98. The number of halogens is 1. The SMILES string of the molecule is Cc1ccc(N(c2ccccc2)c2ccc(/C=C/c3ccc4c(Br)c5cc(/C=C/c6ccc(N(c7ccccc7)c7ccc(C)cc7)cc6)ccc5cc4c3)cc2)cc1. The van der Waals surface area contributed by atoms with E-state index in [1.165, 1.54) is 32.7 Å². The second kappa shape index (κ2) is 16.9. The minimum atomic E-state index is 1.12. The average molecular weight is 824 g/mol. The summed E-state index contributed by atoms with van der Waals surface area (Å²) in [4.78, 5) is 4.59. The second-order valence-corrected chi connectivity index (χ2v) is 15.8. The van der Waals surface area contributed by atoms with E-state index < -0.39 is 0 Å². The van der Waals surface area contributed by atoms with E-state index in [9.17, 15) is 0 Å². The number of hydrogen-bond donors (Lipinski definition) is 0. The van der Waals surface area contributed by atoms with Crippen molar-refractivity contribution in [1.29, 1.82) is 0 Å². The first kappa shape index (κ1) is 37.6. The lowest BCUT2D eigenvalue weighted by molar-refractivity contribution is 1.27. The minimum Gasteiger partial charge on any atom is -0.311 e. The summed E-state index contributed by atoms with van der Waals surface area (Å²) in [5.41, 5.74) is 13.9. The summed E-state index contributed by atoms with van der Waals surface area (Å²) in [5, 5.41) is 4.81. The maximum absolute atomic E-state index is 3.98. The first-order valence-corrected chi connectivity index (χ1v) is 20.8. The van der Waals surface area contributed by atoms with Crippen LogP contribution in [0.1, 0.15) is 33.4 Å². The summed E-state index contributed by atoms with van der Waals surface area (Å²) in [7, 11) is 0. The van der Waals surface area contributed by atoms with E-state index in [1.54, 1.807) is 0 Å². The quantitative estimate of drug-likeness (QED) is 0.100. The van der Waals surface area contributed by atoms with Gasteiger partial charge >= 0.3 is 0 Å². The minimum absolute atomic E-state index is 1.12. The molecule has 0 fully saturated rings. The van der Waals surface area contributed by atoms with Crippen molar-refractivity contribution in [2.45, 2.75) is 13.8 Å². The van der Waals surface area contributed by atoms with Crippen LogP contribution in [0.15, 0.2) is 205 Å². The van der Waals surface area contributed by atoms with E-state index in [0.717, 1.165) is 60.9 Å². The maximum atomic E-state index is 3.98. The molecule has 2 nitrogen and oxygen atoms in total. The van der Waals surface area contributed by atoms with Crippen LogP contribution in [-0.4, -0.2) is 0 Å². The van der Waals surface area contributed by atoms with Crippen LogP contribution in [0.25, 0.3) is 45.8 Å². The van der Waals surface area contributed by atoms with Crippen molar-refractivity contribution in [3.05, 3.63) is 238 Å². The molecule has 284 valence electrons. The van der Waals surface area contributed by atoms with Gasteiger partial charge in [-0.05, 0) is 165 Å². The van der Waals surface area contributed by atoms with Gasteiger partial charge in [-0.3, -0.25) is 0 Å². The molecule has 0 heterocycles. The fraction of sp³-hybridized carbons (Fsp3) is 0.0357. The first-order valence-electron chi connectivity index (χ1n) is 20.0. The van der Waals surface area contributed by atoms with Gasteiger partial charge in [-0.1, -0.05) is 145 Å². The van der Waals surface area contributed by atoms with Crippen LogP contribution in [0.3, 0.4) is 0 Å².